The van der Waals surface area contributed by atoms with Gasteiger partial charge < -0.3 is 15.1 Å². The van der Waals surface area contributed by atoms with Crippen LogP contribution in [0, 0.1) is 30.9 Å². The first-order chi connectivity index (χ1) is 24.8. The molecule has 271 valence electrons. The fourth-order valence-corrected chi connectivity index (χ4v) is 6.71. The monoisotopic (exact) mass is 867 g/mol. The Bertz CT molecular complexity index is 2080. The molecule has 4 aromatic carbocycles. The van der Waals surface area contributed by atoms with E-state index in [0.717, 1.165) is 84.4 Å². The van der Waals surface area contributed by atoms with E-state index in [1.54, 1.807) is 0 Å². The van der Waals surface area contributed by atoms with Crippen molar-refractivity contribution in [1.82, 2.24) is 9.97 Å². The first-order valence-corrected chi connectivity index (χ1v) is 18.5. The molecule has 0 saturated heterocycles. The second kappa shape index (κ2) is 20.0. The number of hydrogen-bond acceptors (Lipinski definition) is 4. The number of aryl methyl sites for hydroxylation is 3. The summed E-state index contributed by atoms with van der Waals surface area (Å²) in [5.74, 6) is 0.547. The van der Waals surface area contributed by atoms with Gasteiger partial charge in [-0.15, -0.1) is 64.5 Å². The number of carbonyl (C=O) groups is 1. The van der Waals surface area contributed by atoms with Crippen LogP contribution >= 0.6 is 0 Å². The Balaban J connectivity index is 0.000000323. The van der Waals surface area contributed by atoms with Crippen molar-refractivity contribution in [3.63, 3.8) is 0 Å². The van der Waals surface area contributed by atoms with Crippen molar-refractivity contribution >= 4 is 27.3 Å². The Morgan fingerprint density at radius 3 is 2.06 bits per heavy atom. The largest absolute Gasteiger partial charge is 0.512 e. The zero-order valence-corrected chi connectivity index (χ0v) is 33.5. The van der Waals surface area contributed by atoms with E-state index in [9.17, 15) is 9.90 Å². The molecule has 0 saturated carbocycles. The molecule has 0 amide bonds. The van der Waals surface area contributed by atoms with Crippen LogP contribution in [0.3, 0.4) is 0 Å². The third kappa shape index (κ3) is 10.3. The van der Waals surface area contributed by atoms with E-state index >= 15 is 0 Å². The molecule has 4 nitrogen and oxygen atoms in total. The van der Waals surface area contributed by atoms with Crippen molar-refractivity contribution < 1.29 is 30.0 Å². The van der Waals surface area contributed by atoms with Gasteiger partial charge in [0.15, 0.2) is 5.78 Å². The second-order valence-electron chi connectivity index (χ2n) is 13.2. The molecule has 2 heterocycles. The molecule has 0 aliphatic rings. The van der Waals surface area contributed by atoms with Crippen LogP contribution in [0.1, 0.15) is 76.8 Å². The predicted molar refractivity (Wildman–Crippen MR) is 213 cm³/mol. The van der Waals surface area contributed by atoms with Crippen LogP contribution in [-0.4, -0.2) is 20.9 Å². The number of nitrogens with zero attached hydrogens (tertiary/aromatic N) is 2. The Labute approximate surface area is 323 Å². The third-order valence-electron chi connectivity index (χ3n) is 9.72. The molecule has 0 atom stereocenters. The molecule has 1 radical (unpaired) electrons. The molecule has 0 aliphatic heterocycles. The Hall–Kier alpha value is -4.44. The predicted octanol–water partition coefficient (Wildman–Crippen LogP) is 12.1. The van der Waals surface area contributed by atoms with Gasteiger partial charge in [-0.1, -0.05) is 107 Å². The maximum absolute atomic E-state index is 11.7. The molecule has 2 aromatic heterocycles. The van der Waals surface area contributed by atoms with Crippen molar-refractivity contribution in [2.24, 2.45) is 11.8 Å². The Kier molecular flexibility index (Phi) is 15.5. The number of pyridine rings is 2. The van der Waals surface area contributed by atoms with Gasteiger partial charge >= 0.3 is 0 Å². The average molecular weight is 867 g/mol. The van der Waals surface area contributed by atoms with E-state index < -0.39 is 0 Å². The standard InChI is InChI=1S/C34H26N2.C13H24O2.Ir/c1-24-21-26-13-5-7-17-29(26)31(22-24)34-23-27-14-6-8-18-30(27)33(36-34)20-10-16-28-15-9-19-32(35-28)25-11-3-2-4-12-25;1-5-10(6-2)12(14)9-13(15)11(7-3)8-4;/h2-9,11,13-15,17-19,21,23H,10,16,20H2,1H3;9-11,14H,5-8H2,1-4H3;/q-2;;/b;12-9-;. The number of benzene rings is 4. The van der Waals surface area contributed by atoms with Crippen LogP contribution in [-0.2, 0) is 37.7 Å². The van der Waals surface area contributed by atoms with Gasteiger partial charge in [-0.25, -0.2) is 0 Å². The molecular formula is C47H50IrN2O2-2. The number of rotatable bonds is 13. The minimum Gasteiger partial charge on any atom is -0.512 e. The average Bonchev–Trinajstić information content (AvgIpc) is 3.16. The molecule has 52 heavy (non-hydrogen) atoms. The maximum Gasteiger partial charge on any atom is 0.162 e. The first kappa shape index (κ1) is 40.3. The smallest absolute Gasteiger partial charge is 0.162 e. The third-order valence-corrected chi connectivity index (χ3v) is 9.72. The Morgan fingerprint density at radius 2 is 1.38 bits per heavy atom. The number of ketones is 1. The quantitative estimate of drug-likeness (QED) is 0.0714. The number of aliphatic hydroxyl groups is 1. The summed E-state index contributed by atoms with van der Waals surface area (Å²) < 4.78 is 0. The number of carbonyl (C=O) groups excluding carboxylic acids is 1. The maximum atomic E-state index is 11.7. The van der Waals surface area contributed by atoms with Gasteiger partial charge in [0.25, 0.3) is 0 Å². The molecule has 1 N–H and O–H groups in total. The van der Waals surface area contributed by atoms with Gasteiger partial charge in [0, 0.05) is 54.8 Å². The van der Waals surface area contributed by atoms with Crippen molar-refractivity contribution in [1.29, 1.82) is 0 Å². The van der Waals surface area contributed by atoms with Gasteiger partial charge in [0.05, 0.1) is 5.76 Å². The molecule has 5 heteroatoms. The van der Waals surface area contributed by atoms with Crippen LogP contribution in [0.2, 0.25) is 0 Å². The van der Waals surface area contributed by atoms with Gasteiger partial charge in [-0.05, 0) is 67.8 Å². The van der Waals surface area contributed by atoms with E-state index in [-0.39, 0.29) is 43.5 Å². The van der Waals surface area contributed by atoms with Crippen molar-refractivity contribution in [3.8, 4) is 22.5 Å². The fraction of sp³-hybridized carbons (Fsp3) is 0.298. The number of aromatic nitrogens is 2. The minimum absolute atomic E-state index is 0. The summed E-state index contributed by atoms with van der Waals surface area (Å²) in [4.78, 5) is 21.8. The first-order valence-electron chi connectivity index (χ1n) is 18.5. The van der Waals surface area contributed by atoms with Gasteiger partial charge in [-0.2, -0.15) is 0 Å². The van der Waals surface area contributed by atoms with E-state index in [4.69, 9.17) is 9.97 Å². The van der Waals surface area contributed by atoms with Crippen molar-refractivity contribution in [2.75, 3.05) is 0 Å². The summed E-state index contributed by atoms with van der Waals surface area (Å²) in [7, 11) is 0. The van der Waals surface area contributed by atoms with E-state index in [0.29, 0.717) is 0 Å². The molecule has 6 aromatic rings. The van der Waals surface area contributed by atoms with Crippen LogP contribution in [0.15, 0.2) is 115 Å². The second-order valence-corrected chi connectivity index (χ2v) is 13.2. The molecule has 0 unspecified atom stereocenters. The topological polar surface area (TPSA) is 63.1 Å². The summed E-state index contributed by atoms with van der Waals surface area (Å²) in [6.45, 7) is 10.2. The van der Waals surface area contributed by atoms with Crippen LogP contribution in [0.5, 0.6) is 0 Å². The summed E-state index contributed by atoms with van der Waals surface area (Å²) in [6.07, 6.45) is 7.68. The van der Waals surface area contributed by atoms with Crippen LogP contribution in [0.25, 0.3) is 44.1 Å². The van der Waals surface area contributed by atoms with E-state index in [2.05, 4.69) is 104 Å². The summed E-state index contributed by atoms with van der Waals surface area (Å²) in [5, 5.41) is 14.6. The number of fused-ring (bicyclic) bond motifs is 2. The van der Waals surface area contributed by atoms with Crippen LogP contribution < -0.4 is 0 Å². The summed E-state index contributed by atoms with van der Waals surface area (Å²) >= 11 is 0. The van der Waals surface area contributed by atoms with Crippen LogP contribution in [0.4, 0.5) is 0 Å². The molecule has 0 spiro atoms. The molecule has 0 bridgehead atoms. The number of aliphatic hydroxyl groups excluding tert-OH is 1. The summed E-state index contributed by atoms with van der Waals surface area (Å²) in [6, 6.07) is 42.6. The summed E-state index contributed by atoms with van der Waals surface area (Å²) in [5.41, 5.74) is 7.43. The SMILES string of the molecule is CCC(CC)C(=O)/C=C(\O)C(CC)CC.Cc1[c-]c(-c2cc3ccccc3c(CCCc3cccc(-c4[c-]cccc4)n3)n2)c2ccccc2c1.[Ir]. The van der Waals surface area contributed by atoms with Gasteiger partial charge in [0.1, 0.15) is 0 Å². The van der Waals surface area contributed by atoms with Crippen molar-refractivity contribution in [2.45, 2.75) is 79.6 Å². The van der Waals surface area contributed by atoms with Gasteiger partial charge in [0.2, 0.25) is 0 Å². The number of allylic oxidation sites excluding steroid dienone is 2. The Morgan fingerprint density at radius 1 is 0.731 bits per heavy atom. The minimum atomic E-state index is 0. The molecule has 0 aliphatic carbocycles. The zero-order chi connectivity index (χ0) is 36.2. The van der Waals surface area contributed by atoms with E-state index in [1.807, 2.05) is 45.9 Å². The molecular weight excluding hydrogens is 817 g/mol. The molecule has 0 fully saturated rings. The zero-order valence-electron chi connectivity index (χ0n) is 31.1. The van der Waals surface area contributed by atoms with Gasteiger partial charge in [-0.3, -0.25) is 4.79 Å². The fourth-order valence-electron chi connectivity index (χ4n) is 6.71. The number of hydrogen-bond donors (Lipinski definition) is 1. The van der Waals surface area contributed by atoms with E-state index in [1.165, 1.54) is 27.6 Å². The molecule has 6 rings (SSSR count). The van der Waals surface area contributed by atoms with Crippen molar-refractivity contribution in [3.05, 3.63) is 144 Å². The normalized spacial score (nSPS) is 11.4.